The van der Waals surface area contributed by atoms with Crippen molar-refractivity contribution in [2.75, 3.05) is 6.61 Å². The predicted octanol–water partition coefficient (Wildman–Crippen LogP) is 1.65. The Balaban J connectivity index is 0.00000144. The van der Waals surface area contributed by atoms with E-state index in [1.807, 2.05) is 25.1 Å². The average molecular weight is 342 g/mol. The van der Waals surface area contributed by atoms with E-state index in [2.05, 4.69) is 0 Å². The Morgan fingerprint density at radius 1 is 1.46 bits per heavy atom. The summed E-state index contributed by atoms with van der Waals surface area (Å²) in [5.74, 6) is -0.209. The first-order valence-electron chi connectivity index (χ1n) is 3.83. The van der Waals surface area contributed by atoms with Gasteiger partial charge in [-0.25, -0.2) is 0 Å². The second-order valence-corrected chi connectivity index (χ2v) is 3.98. The number of hydrogen-bond acceptors (Lipinski definition) is 2. The molecule has 4 heteroatoms. The van der Waals surface area contributed by atoms with Crippen LogP contribution in [0.5, 0.6) is 0 Å². The molecular weight excluding hydrogens is 332 g/mol. The fourth-order valence-electron chi connectivity index (χ4n) is 0.928. The first kappa shape index (κ1) is 13.0. The molecule has 0 aliphatic carbocycles. The molecule has 0 aromatic heterocycles. The number of carbonyl (C=O) groups is 1. The molecule has 0 fully saturated rings. The van der Waals surface area contributed by atoms with E-state index in [-0.39, 0.29) is 29.9 Å². The number of hydrogen-bond donors (Lipinski definition) is 0. The molecule has 1 aromatic rings. The van der Waals surface area contributed by atoms with Crippen LogP contribution in [-0.2, 0) is 23.0 Å². The van der Waals surface area contributed by atoms with E-state index < -0.39 is 0 Å². The summed E-state index contributed by atoms with van der Waals surface area (Å²) in [6.45, 7) is 2.25. The molecule has 0 spiro atoms. The van der Waals surface area contributed by atoms with Crippen LogP contribution in [-0.4, -0.2) is 12.6 Å². The van der Waals surface area contributed by atoms with Crippen molar-refractivity contribution in [2.45, 2.75) is 6.92 Å². The predicted molar refractivity (Wildman–Crippen MR) is 57.4 cm³/mol. The van der Waals surface area contributed by atoms with Crippen LogP contribution in [0.3, 0.4) is 0 Å². The van der Waals surface area contributed by atoms with E-state index in [1.54, 1.807) is 6.07 Å². The molecule has 0 unspecified atom stereocenters. The summed E-state index contributed by atoms with van der Waals surface area (Å²) in [4.78, 5) is 11.3. The number of benzene rings is 1. The Kier molecular flexibility index (Phi) is 6.51. The first-order chi connectivity index (χ1) is 5.75. The summed E-state index contributed by atoms with van der Waals surface area (Å²) in [7, 11) is 0. The van der Waals surface area contributed by atoms with Crippen molar-refractivity contribution in [1.29, 1.82) is 0 Å². The molecule has 0 atom stereocenters. The van der Waals surface area contributed by atoms with Gasteiger partial charge in [0.1, 0.15) is 0 Å². The molecule has 0 bridgehead atoms. The van der Waals surface area contributed by atoms with Gasteiger partial charge in [-0.05, 0) is 0 Å². The Morgan fingerprint density at radius 3 is 2.62 bits per heavy atom. The van der Waals surface area contributed by atoms with E-state index in [0.29, 0.717) is 12.2 Å². The first-order valence-corrected chi connectivity index (χ1v) is 5.32. The summed E-state index contributed by atoms with van der Waals surface area (Å²) in [5, 5.41) is 0. The zero-order valence-electron chi connectivity index (χ0n) is 7.45. The molecule has 13 heavy (non-hydrogen) atoms. The van der Waals surface area contributed by atoms with E-state index >= 15 is 0 Å². The van der Waals surface area contributed by atoms with Gasteiger partial charge in [-0.15, -0.1) is 24.0 Å². The molecule has 0 amide bonds. The van der Waals surface area contributed by atoms with Crippen molar-refractivity contribution in [3.8, 4) is 0 Å². The van der Waals surface area contributed by atoms with E-state index in [1.165, 1.54) is 0 Å². The summed E-state index contributed by atoms with van der Waals surface area (Å²) in [6.07, 6.45) is 0. The number of ether oxygens (including phenoxy) is 1. The second-order valence-electron chi connectivity index (χ2n) is 2.38. The molecule has 1 aromatic carbocycles. The molecule has 2 nitrogen and oxygen atoms in total. The molecule has 0 N–H and O–H groups in total. The van der Waals surface area contributed by atoms with Crippen LogP contribution in [0.15, 0.2) is 24.3 Å². The van der Waals surface area contributed by atoms with Crippen molar-refractivity contribution in [3.05, 3.63) is 29.8 Å². The maximum Gasteiger partial charge on any atom is -0.107 e. The molecule has 0 aliphatic heterocycles. The van der Waals surface area contributed by atoms with Gasteiger partial charge in [0.25, 0.3) is 0 Å². The van der Waals surface area contributed by atoms with Gasteiger partial charge in [0.15, 0.2) is 0 Å². The summed E-state index contributed by atoms with van der Waals surface area (Å²) in [6, 6.07) is 7.54. The Morgan fingerprint density at radius 2 is 2.08 bits per heavy atom. The van der Waals surface area contributed by atoms with Gasteiger partial charge < -0.3 is 0 Å². The largest absolute Gasteiger partial charge is 0.107 e. The summed E-state index contributed by atoms with van der Waals surface area (Å²) >= 11 is 0.981. The quantitative estimate of drug-likeness (QED) is 0.464. The fraction of sp³-hybridized carbons (Fsp3) is 0.222. The third kappa shape index (κ3) is 3.73. The number of rotatable bonds is 2. The van der Waals surface area contributed by atoms with Crippen LogP contribution in [0.25, 0.3) is 0 Å². The number of halogens is 1. The van der Waals surface area contributed by atoms with E-state index in [9.17, 15) is 4.79 Å². The molecule has 0 radical (unpaired) electrons. The minimum Gasteiger partial charge on any atom is -0.107 e. The van der Waals surface area contributed by atoms with Gasteiger partial charge in [0.2, 0.25) is 0 Å². The van der Waals surface area contributed by atoms with Crippen LogP contribution < -0.4 is 4.16 Å². The molecule has 67 valence electrons. The molecule has 0 saturated carbocycles. The molecular formula is C9H10IO2Zn. The third-order valence-corrected chi connectivity index (χ3v) is 2.81. The van der Waals surface area contributed by atoms with Gasteiger partial charge in [-0.2, -0.15) is 0 Å². The molecule has 0 saturated heterocycles. The molecule has 0 aliphatic rings. The van der Waals surface area contributed by atoms with Crippen LogP contribution in [0.4, 0.5) is 0 Å². The van der Waals surface area contributed by atoms with Crippen LogP contribution in [0, 0.1) is 0 Å². The smallest absolute Gasteiger partial charge is 0.107 e. The molecule has 0 heterocycles. The third-order valence-electron chi connectivity index (χ3n) is 1.51. The van der Waals surface area contributed by atoms with Crippen molar-refractivity contribution in [2.24, 2.45) is 0 Å². The van der Waals surface area contributed by atoms with Crippen molar-refractivity contribution < 1.29 is 27.8 Å². The average Bonchev–Trinajstić information content (AvgIpc) is 2.05. The topological polar surface area (TPSA) is 26.3 Å². The van der Waals surface area contributed by atoms with Gasteiger partial charge in [0, 0.05) is 0 Å². The Hall–Kier alpha value is 0.0434. The van der Waals surface area contributed by atoms with Gasteiger partial charge in [0.05, 0.1) is 0 Å². The molecule has 1 rings (SSSR count). The maximum atomic E-state index is 11.3. The number of carbonyl (C=O) groups excluding carboxylic acids is 1. The van der Waals surface area contributed by atoms with Gasteiger partial charge in [-0.3, -0.25) is 0 Å². The zero-order valence-corrected chi connectivity index (χ0v) is 12.7. The van der Waals surface area contributed by atoms with Crippen LogP contribution >= 0.6 is 24.0 Å². The van der Waals surface area contributed by atoms with Crippen molar-refractivity contribution >= 4 is 34.1 Å². The minimum absolute atomic E-state index is 0. The van der Waals surface area contributed by atoms with Gasteiger partial charge in [-0.1, -0.05) is 0 Å². The van der Waals surface area contributed by atoms with E-state index in [4.69, 9.17) is 4.74 Å². The minimum atomic E-state index is -0.209. The number of esters is 1. The Labute approximate surface area is 105 Å². The monoisotopic (exact) mass is 341 g/mol. The summed E-state index contributed by atoms with van der Waals surface area (Å²) in [5.41, 5.74) is 0.708. The fourth-order valence-corrected chi connectivity index (χ4v) is 1.76. The Bertz CT molecular complexity index is 289. The van der Waals surface area contributed by atoms with Crippen LogP contribution in [0.2, 0.25) is 0 Å². The standard InChI is InChI=1S/C9H9O2.HI.Zn/c1-2-11-9(10)8-6-4-3-5-7-8;;/h3-6H,2H2,1H3;1H;. The van der Waals surface area contributed by atoms with Crippen molar-refractivity contribution in [1.82, 2.24) is 0 Å². The SMILES string of the molecule is CCOC(=O)c1cccc[c]1[Zn].I. The van der Waals surface area contributed by atoms with Crippen molar-refractivity contribution in [3.63, 3.8) is 0 Å². The normalized spacial score (nSPS) is 8.85. The van der Waals surface area contributed by atoms with Gasteiger partial charge >= 0.3 is 81.3 Å². The van der Waals surface area contributed by atoms with E-state index in [0.717, 1.165) is 22.5 Å². The van der Waals surface area contributed by atoms with Crippen LogP contribution in [0.1, 0.15) is 17.3 Å². The zero-order chi connectivity index (χ0) is 8.97. The second kappa shape index (κ2) is 6.49. The summed E-state index contributed by atoms with van der Waals surface area (Å²) < 4.78 is 5.97. The maximum absolute atomic E-state index is 11.3.